The van der Waals surface area contributed by atoms with Crippen LogP contribution in [0, 0.1) is 38.7 Å². The van der Waals surface area contributed by atoms with Crippen LogP contribution in [0.2, 0.25) is 0 Å². The van der Waals surface area contributed by atoms with E-state index in [0.717, 1.165) is 50.5 Å². The molecule has 0 heterocycles. The van der Waals surface area contributed by atoms with Crippen LogP contribution in [0.15, 0.2) is 23.4 Å². The number of rotatable bonds is 1. The Kier molecular flexibility index (Phi) is 3.68. The maximum Gasteiger partial charge on any atom is 0.234 e. The molecule has 4 aliphatic rings. The van der Waals surface area contributed by atoms with Gasteiger partial charge in [-0.1, -0.05) is 25.5 Å². The number of nitro groups is 1. The third kappa shape index (κ3) is 2.22. The van der Waals surface area contributed by atoms with E-state index in [-0.39, 0.29) is 21.9 Å². The molecule has 0 aromatic carbocycles. The molecule has 1 N–H and O–H groups in total. The summed E-state index contributed by atoms with van der Waals surface area (Å²) in [6.45, 7) is 4.70. The van der Waals surface area contributed by atoms with E-state index in [4.69, 9.17) is 0 Å². The van der Waals surface area contributed by atoms with Gasteiger partial charge >= 0.3 is 0 Å². The molecule has 6 atom stereocenters. The van der Waals surface area contributed by atoms with Gasteiger partial charge < -0.3 is 5.11 Å². The minimum Gasteiger partial charge on any atom is -0.393 e. The Morgan fingerprint density at radius 3 is 2.67 bits per heavy atom. The third-order valence-electron chi connectivity index (χ3n) is 8.19. The van der Waals surface area contributed by atoms with Crippen LogP contribution in [0.1, 0.15) is 65.2 Å². The maximum atomic E-state index is 11.0. The van der Waals surface area contributed by atoms with E-state index in [9.17, 15) is 15.2 Å². The number of aliphatic hydroxyl groups excluding tert-OH is 1. The van der Waals surface area contributed by atoms with Crippen LogP contribution in [-0.2, 0) is 0 Å². The topological polar surface area (TPSA) is 63.4 Å². The summed E-state index contributed by atoms with van der Waals surface area (Å²) in [5.74, 6) is 1.94. The number of hydrogen-bond donors (Lipinski definition) is 1. The molecule has 3 saturated carbocycles. The number of nitrogens with zero attached hydrogens (tertiary/aromatic N) is 1. The first-order valence-corrected chi connectivity index (χ1v) is 9.57. The monoisotopic (exact) mass is 331 g/mol. The van der Waals surface area contributed by atoms with E-state index < -0.39 is 0 Å². The molecule has 24 heavy (non-hydrogen) atoms. The van der Waals surface area contributed by atoms with Crippen LogP contribution in [0.4, 0.5) is 0 Å². The van der Waals surface area contributed by atoms with Crippen molar-refractivity contribution in [3.63, 3.8) is 0 Å². The molecule has 0 amide bonds. The zero-order chi connectivity index (χ0) is 17.1. The van der Waals surface area contributed by atoms with Crippen molar-refractivity contribution in [2.45, 2.75) is 71.3 Å². The SMILES string of the molecule is C[C@]12CCC(O)CC1=CC[C@@H]1[C@@H]2CC[C@]2(C)/C(=C\[N+](=O)[O-])CC[C@@H]12. The Bertz CT molecular complexity index is 624. The average molecular weight is 331 g/mol. The smallest absolute Gasteiger partial charge is 0.234 e. The second-order valence-electron chi connectivity index (χ2n) is 9.09. The lowest BCUT2D eigenvalue weighted by Crippen LogP contribution is -2.49. The van der Waals surface area contributed by atoms with Crippen molar-refractivity contribution in [1.29, 1.82) is 0 Å². The molecule has 0 aromatic heterocycles. The maximum absolute atomic E-state index is 11.0. The van der Waals surface area contributed by atoms with Gasteiger partial charge in [0.15, 0.2) is 0 Å². The summed E-state index contributed by atoms with van der Waals surface area (Å²) < 4.78 is 0. The van der Waals surface area contributed by atoms with Crippen LogP contribution in [0.3, 0.4) is 0 Å². The number of fused-ring (bicyclic) bond motifs is 5. The minimum absolute atomic E-state index is 0.0319. The van der Waals surface area contributed by atoms with E-state index in [2.05, 4.69) is 19.9 Å². The van der Waals surface area contributed by atoms with Crippen LogP contribution in [0.5, 0.6) is 0 Å². The van der Waals surface area contributed by atoms with Gasteiger partial charge in [-0.25, -0.2) is 0 Å². The van der Waals surface area contributed by atoms with Gasteiger partial charge in [-0.2, -0.15) is 0 Å². The van der Waals surface area contributed by atoms with Gasteiger partial charge in [0.2, 0.25) is 6.20 Å². The fraction of sp³-hybridized carbons (Fsp3) is 0.800. The van der Waals surface area contributed by atoms with E-state index in [1.807, 2.05) is 0 Å². The summed E-state index contributed by atoms with van der Waals surface area (Å²) in [4.78, 5) is 10.8. The normalized spacial score (nSPS) is 49.1. The second kappa shape index (κ2) is 5.42. The van der Waals surface area contributed by atoms with Crippen molar-refractivity contribution in [3.8, 4) is 0 Å². The number of allylic oxidation sites excluding steroid dienone is 2. The number of aliphatic hydroxyl groups is 1. The lowest BCUT2D eigenvalue weighted by molar-refractivity contribution is -0.404. The molecule has 0 aliphatic heterocycles. The summed E-state index contributed by atoms with van der Waals surface area (Å²) >= 11 is 0. The van der Waals surface area contributed by atoms with Crippen molar-refractivity contribution >= 4 is 0 Å². The highest BCUT2D eigenvalue weighted by Crippen LogP contribution is 2.66. The fourth-order valence-electron chi connectivity index (χ4n) is 6.83. The van der Waals surface area contributed by atoms with Crippen LogP contribution in [0.25, 0.3) is 0 Å². The Morgan fingerprint density at radius 2 is 1.92 bits per heavy atom. The van der Waals surface area contributed by atoms with E-state index in [1.165, 1.54) is 18.2 Å². The summed E-state index contributed by atoms with van der Waals surface area (Å²) in [7, 11) is 0. The van der Waals surface area contributed by atoms with Gasteiger partial charge in [-0.3, -0.25) is 10.1 Å². The Morgan fingerprint density at radius 1 is 1.21 bits per heavy atom. The lowest BCUT2D eigenvalue weighted by atomic mass is 9.48. The van der Waals surface area contributed by atoms with Crippen molar-refractivity contribution < 1.29 is 10.0 Å². The van der Waals surface area contributed by atoms with Gasteiger partial charge in [0.05, 0.1) is 11.0 Å². The van der Waals surface area contributed by atoms with Gasteiger partial charge in [0.1, 0.15) is 0 Å². The largest absolute Gasteiger partial charge is 0.393 e. The standard InChI is InChI=1S/C20H29NO3/c1-19-9-7-15(22)11-13(19)3-5-16-17-6-4-14(12-21(23)24)20(17,2)10-8-18(16)19/h3,12,15-18,22H,4-11H2,1-2H3/b14-12-/t15?,16-,17-,18-,19-,20+/m0/s1. The zero-order valence-corrected chi connectivity index (χ0v) is 14.8. The molecule has 0 aromatic rings. The van der Waals surface area contributed by atoms with E-state index >= 15 is 0 Å². The molecule has 0 radical (unpaired) electrons. The van der Waals surface area contributed by atoms with Crippen molar-refractivity contribution in [1.82, 2.24) is 0 Å². The molecule has 1 unspecified atom stereocenters. The predicted molar refractivity (Wildman–Crippen MR) is 92.8 cm³/mol. The summed E-state index contributed by atoms with van der Waals surface area (Å²) in [5, 5.41) is 21.1. The quantitative estimate of drug-likeness (QED) is 0.438. The van der Waals surface area contributed by atoms with E-state index in [0.29, 0.717) is 17.8 Å². The van der Waals surface area contributed by atoms with Gasteiger partial charge in [0, 0.05) is 5.57 Å². The minimum atomic E-state index is -0.252. The fourth-order valence-corrected chi connectivity index (χ4v) is 6.83. The predicted octanol–water partition coefficient (Wildman–Crippen LogP) is 4.47. The summed E-state index contributed by atoms with van der Waals surface area (Å²) in [6, 6.07) is 0. The first-order valence-electron chi connectivity index (χ1n) is 9.57. The third-order valence-corrected chi connectivity index (χ3v) is 8.19. The number of hydrogen-bond acceptors (Lipinski definition) is 3. The molecule has 4 nitrogen and oxygen atoms in total. The molecular weight excluding hydrogens is 302 g/mol. The van der Waals surface area contributed by atoms with Gasteiger partial charge in [0.25, 0.3) is 0 Å². The van der Waals surface area contributed by atoms with Crippen LogP contribution < -0.4 is 0 Å². The highest BCUT2D eigenvalue weighted by molar-refractivity contribution is 5.28. The zero-order valence-electron chi connectivity index (χ0n) is 14.8. The van der Waals surface area contributed by atoms with Crippen molar-refractivity contribution in [2.75, 3.05) is 0 Å². The molecule has 132 valence electrons. The van der Waals surface area contributed by atoms with Gasteiger partial charge in [-0.15, -0.1) is 0 Å². The van der Waals surface area contributed by atoms with Gasteiger partial charge in [-0.05, 0) is 80.0 Å². The van der Waals surface area contributed by atoms with Crippen LogP contribution >= 0.6 is 0 Å². The molecular formula is C20H29NO3. The highest BCUT2D eigenvalue weighted by Gasteiger charge is 2.57. The molecule has 0 bridgehead atoms. The van der Waals surface area contributed by atoms with E-state index in [1.54, 1.807) is 0 Å². The Labute approximate surface area is 144 Å². The first-order chi connectivity index (χ1) is 11.3. The Balaban J connectivity index is 1.66. The molecule has 0 saturated heterocycles. The Hall–Kier alpha value is -1.16. The second-order valence-corrected chi connectivity index (χ2v) is 9.09. The van der Waals surface area contributed by atoms with Crippen molar-refractivity contribution in [3.05, 3.63) is 33.5 Å². The molecule has 4 aliphatic carbocycles. The molecule has 4 heteroatoms. The average Bonchev–Trinajstić information content (AvgIpc) is 2.84. The molecule has 3 fully saturated rings. The summed E-state index contributed by atoms with van der Waals surface area (Å²) in [5.41, 5.74) is 2.85. The lowest BCUT2D eigenvalue weighted by Gasteiger charge is -2.57. The highest BCUT2D eigenvalue weighted by atomic mass is 16.6. The van der Waals surface area contributed by atoms with Crippen LogP contribution in [-0.4, -0.2) is 16.1 Å². The molecule has 4 rings (SSSR count). The molecule has 0 spiro atoms. The van der Waals surface area contributed by atoms with Crippen molar-refractivity contribution in [2.24, 2.45) is 28.6 Å². The summed E-state index contributed by atoms with van der Waals surface area (Å²) in [6.07, 6.45) is 11.8. The first kappa shape index (κ1) is 16.3.